The Balaban J connectivity index is 1.92. The highest BCUT2D eigenvalue weighted by Crippen LogP contribution is 2.37. The van der Waals surface area contributed by atoms with Crippen LogP contribution in [0.3, 0.4) is 0 Å². The summed E-state index contributed by atoms with van der Waals surface area (Å²) in [7, 11) is 0. The minimum atomic E-state index is 0.267. The largest absolute Gasteiger partial charge is 0.263 e. The number of thiophene rings is 1. The van der Waals surface area contributed by atoms with Gasteiger partial charge in [0.2, 0.25) is 0 Å². The van der Waals surface area contributed by atoms with Gasteiger partial charge in [-0.15, -0.1) is 11.3 Å². The third-order valence-corrected chi connectivity index (χ3v) is 5.24. The van der Waals surface area contributed by atoms with E-state index in [4.69, 9.17) is 11.6 Å². The van der Waals surface area contributed by atoms with Gasteiger partial charge in [-0.2, -0.15) is 0 Å². The van der Waals surface area contributed by atoms with E-state index in [9.17, 15) is 0 Å². The summed E-state index contributed by atoms with van der Waals surface area (Å²) >= 11 is 11.7. The molecule has 3 rings (SSSR count). The van der Waals surface area contributed by atoms with Crippen LogP contribution in [0.4, 0.5) is 0 Å². The topological polar surface area (TPSA) is 12.9 Å². The first-order chi connectivity index (χ1) is 9.25. The molecule has 96 valence electrons. The van der Waals surface area contributed by atoms with E-state index in [1.54, 1.807) is 23.7 Å². The summed E-state index contributed by atoms with van der Waals surface area (Å²) in [5.41, 5.74) is 2.45. The van der Waals surface area contributed by atoms with Crippen LogP contribution in [0.1, 0.15) is 16.0 Å². The van der Waals surface area contributed by atoms with Gasteiger partial charge in [0.25, 0.3) is 0 Å². The molecular formula is C15H11BrClNS. The highest BCUT2D eigenvalue weighted by Gasteiger charge is 2.14. The van der Waals surface area contributed by atoms with Crippen LogP contribution in [0.2, 0.25) is 5.02 Å². The molecule has 0 spiro atoms. The minimum Gasteiger partial charge on any atom is -0.263 e. The Morgan fingerprint density at radius 2 is 2.11 bits per heavy atom. The molecule has 4 heteroatoms. The fourth-order valence-electron chi connectivity index (χ4n) is 2.11. The van der Waals surface area contributed by atoms with Crippen LogP contribution < -0.4 is 0 Å². The van der Waals surface area contributed by atoms with Crippen LogP contribution in [0.5, 0.6) is 0 Å². The normalized spacial score (nSPS) is 12.7. The first kappa shape index (κ1) is 13.1. The Morgan fingerprint density at radius 3 is 2.95 bits per heavy atom. The van der Waals surface area contributed by atoms with Gasteiger partial charge in [0.05, 0.1) is 5.02 Å². The van der Waals surface area contributed by atoms with E-state index in [0.717, 1.165) is 17.0 Å². The number of hydrogen-bond donors (Lipinski definition) is 0. The molecule has 0 radical (unpaired) electrons. The van der Waals surface area contributed by atoms with Crippen molar-refractivity contribution in [3.63, 3.8) is 0 Å². The maximum absolute atomic E-state index is 6.17. The fourth-order valence-corrected chi connectivity index (χ4v) is 4.23. The number of benzene rings is 1. The number of pyridine rings is 1. The number of aromatic nitrogens is 1. The van der Waals surface area contributed by atoms with Gasteiger partial charge in [-0.1, -0.05) is 45.7 Å². The molecular weight excluding hydrogens is 342 g/mol. The van der Waals surface area contributed by atoms with Crippen molar-refractivity contribution in [1.82, 2.24) is 4.98 Å². The molecule has 1 nitrogen and oxygen atoms in total. The molecule has 1 atom stereocenters. The second kappa shape index (κ2) is 5.61. The SMILES string of the molecule is Clc1cnccc1CC(Br)c1csc2ccccc12. The molecule has 0 aliphatic heterocycles. The smallest absolute Gasteiger partial charge is 0.0621 e. The Morgan fingerprint density at radius 1 is 1.26 bits per heavy atom. The van der Waals surface area contributed by atoms with E-state index < -0.39 is 0 Å². The van der Waals surface area contributed by atoms with Crippen molar-refractivity contribution < 1.29 is 0 Å². The Hall–Kier alpha value is -0.900. The lowest BCUT2D eigenvalue weighted by Gasteiger charge is -2.10. The fraction of sp³-hybridized carbons (Fsp3) is 0.133. The molecule has 2 aromatic heterocycles. The van der Waals surface area contributed by atoms with Crippen molar-refractivity contribution in [2.75, 3.05) is 0 Å². The standard InChI is InChI=1S/C15H11BrClNS/c16-13(7-10-5-6-18-8-14(10)17)12-9-19-15-4-2-1-3-11(12)15/h1-6,8-9,13H,7H2. The zero-order chi connectivity index (χ0) is 13.2. The van der Waals surface area contributed by atoms with Gasteiger partial charge < -0.3 is 0 Å². The quantitative estimate of drug-likeness (QED) is 0.557. The molecule has 1 unspecified atom stereocenters. The molecule has 0 fully saturated rings. The van der Waals surface area contributed by atoms with E-state index in [0.29, 0.717) is 0 Å². The maximum Gasteiger partial charge on any atom is 0.0621 e. The Bertz CT molecular complexity index is 710. The number of rotatable bonds is 3. The van der Waals surface area contributed by atoms with Gasteiger partial charge in [0, 0.05) is 21.9 Å². The Kier molecular flexibility index (Phi) is 3.87. The van der Waals surface area contributed by atoms with Crippen molar-refractivity contribution in [1.29, 1.82) is 0 Å². The van der Waals surface area contributed by atoms with Crippen LogP contribution in [0.25, 0.3) is 10.1 Å². The Labute approximate surface area is 129 Å². The lowest BCUT2D eigenvalue weighted by molar-refractivity contribution is 0.957. The van der Waals surface area contributed by atoms with E-state index in [-0.39, 0.29) is 4.83 Å². The molecule has 0 N–H and O–H groups in total. The van der Waals surface area contributed by atoms with Crippen LogP contribution in [-0.4, -0.2) is 4.98 Å². The van der Waals surface area contributed by atoms with Crippen molar-refractivity contribution >= 4 is 49.0 Å². The van der Waals surface area contributed by atoms with E-state index in [1.807, 2.05) is 6.07 Å². The van der Waals surface area contributed by atoms with E-state index in [2.05, 4.69) is 50.6 Å². The summed E-state index contributed by atoms with van der Waals surface area (Å²) in [5, 5.41) is 4.27. The molecule has 0 saturated heterocycles. The van der Waals surface area contributed by atoms with Crippen molar-refractivity contribution in [3.05, 3.63) is 64.3 Å². The second-order valence-corrected chi connectivity index (χ2v) is 6.75. The number of fused-ring (bicyclic) bond motifs is 1. The zero-order valence-electron chi connectivity index (χ0n) is 10.0. The number of nitrogens with zero attached hydrogens (tertiary/aromatic N) is 1. The number of alkyl halides is 1. The van der Waals surface area contributed by atoms with Crippen LogP contribution in [0.15, 0.2) is 48.1 Å². The lowest BCUT2D eigenvalue weighted by atomic mass is 10.0. The van der Waals surface area contributed by atoms with Crippen LogP contribution in [0, 0.1) is 0 Å². The summed E-state index contributed by atoms with van der Waals surface area (Å²) in [5.74, 6) is 0. The van der Waals surface area contributed by atoms with Crippen LogP contribution in [-0.2, 0) is 6.42 Å². The molecule has 0 aliphatic carbocycles. The predicted octanol–water partition coefficient (Wildman–Crippen LogP) is 5.63. The monoisotopic (exact) mass is 351 g/mol. The van der Waals surface area contributed by atoms with Gasteiger partial charge in [-0.05, 0) is 40.4 Å². The highest BCUT2D eigenvalue weighted by molar-refractivity contribution is 9.09. The van der Waals surface area contributed by atoms with E-state index >= 15 is 0 Å². The van der Waals surface area contributed by atoms with Gasteiger partial charge in [0.1, 0.15) is 0 Å². The molecule has 0 bridgehead atoms. The number of halogens is 2. The van der Waals surface area contributed by atoms with Gasteiger partial charge in [-0.3, -0.25) is 4.98 Å². The highest BCUT2D eigenvalue weighted by atomic mass is 79.9. The summed E-state index contributed by atoms with van der Waals surface area (Å²) in [6.45, 7) is 0. The molecule has 0 saturated carbocycles. The van der Waals surface area contributed by atoms with Gasteiger partial charge in [0.15, 0.2) is 0 Å². The average molecular weight is 353 g/mol. The summed E-state index contributed by atoms with van der Waals surface area (Å²) in [4.78, 5) is 4.29. The predicted molar refractivity (Wildman–Crippen MR) is 86.4 cm³/mol. The van der Waals surface area contributed by atoms with Gasteiger partial charge >= 0.3 is 0 Å². The number of hydrogen-bond acceptors (Lipinski definition) is 2. The summed E-state index contributed by atoms with van der Waals surface area (Å²) < 4.78 is 1.32. The maximum atomic E-state index is 6.17. The molecule has 19 heavy (non-hydrogen) atoms. The molecule has 0 aliphatic rings. The average Bonchev–Trinajstić information content (AvgIpc) is 2.85. The molecule has 1 aromatic carbocycles. The third-order valence-electron chi connectivity index (χ3n) is 3.10. The molecule has 0 amide bonds. The first-order valence-electron chi connectivity index (χ1n) is 5.94. The zero-order valence-corrected chi connectivity index (χ0v) is 13.2. The summed E-state index contributed by atoms with van der Waals surface area (Å²) in [6.07, 6.45) is 4.34. The first-order valence-corrected chi connectivity index (χ1v) is 8.11. The minimum absolute atomic E-state index is 0.267. The van der Waals surface area contributed by atoms with Gasteiger partial charge in [-0.25, -0.2) is 0 Å². The van der Waals surface area contributed by atoms with Crippen molar-refractivity contribution in [3.8, 4) is 0 Å². The third kappa shape index (κ3) is 2.69. The second-order valence-electron chi connectivity index (χ2n) is 4.33. The van der Waals surface area contributed by atoms with Crippen LogP contribution >= 0.6 is 38.9 Å². The molecule has 3 aromatic rings. The van der Waals surface area contributed by atoms with E-state index in [1.165, 1.54) is 15.6 Å². The molecule has 2 heterocycles. The summed E-state index contributed by atoms with van der Waals surface area (Å²) in [6, 6.07) is 10.5. The lowest BCUT2D eigenvalue weighted by Crippen LogP contribution is -1.95. The van der Waals surface area contributed by atoms with Crippen molar-refractivity contribution in [2.24, 2.45) is 0 Å². The van der Waals surface area contributed by atoms with Crippen molar-refractivity contribution in [2.45, 2.75) is 11.2 Å².